The molecule has 1 aliphatic heterocycles. The maximum Gasteiger partial charge on any atom is 0.339 e. The number of hydrogen-bond donors (Lipinski definition) is 1. The summed E-state index contributed by atoms with van der Waals surface area (Å²) >= 11 is 6.84. The number of aromatic nitrogens is 1. The van der Waals surface area contributed by atoms with Crippen LogP contribution in [0.4, 0.5) is 10.5 Å². The Hall–Kier alpha value is -4.02. The molecular formula is C28H26ClN3O6S. The lowest BCUT2D eigenvalue weighted by Gasteiger charge is -2.13. The van der Waals surface area contributed by atoms with Gasteiger partial charge in [0.25, 0.3) is 11.1 Å². The molecule has 2 aromatic carbocycles. The van der Waals surface area contributed by atoms with E-state index in [1.54, 1.807) is 20.1 Å². The van der Waals surface area contributed by atoms with Gasteiger partial charge in [-0.25, -0.2) is 4.79 Å². The van der Waals surface area contributed by atoms with Gasteiger partial charge in [-0.1, -0.05) is 11.6 Å². The third-order valence-electron chi connectivity index (χ3n) is 6.01. The van der Waals surface area contributed by atoms with Crippen molar-refractivity contribution in [1.82, 2.24) is 9.47 Å². The highest BCUT2D eigenvalue weighted by molar-refractivity contribution is 8.18. The molecule has 3 amide bonds. The highest BCUT2D eigenvalue weighted by Gasteiger charge is 2.36. The van der Waals surface area contributed by atoms with Crippen molar-refractivity contribution in [2.24, 2.45) is 0 Å². The van der Waals surface area contributed by atoms with Gasteiger partial charge in [-0.2, -0.15) is 0 Å². The minimum atomic E-state index is -0.624. The molecule has 0 aliphatic carbocycles. The molecule has 0 unspecified atom stereocenters. The highest BCUT2D eigenvalue weighted by atomic mass is 35.5. The van der Waals surface area contributed by atoms with E-state index in [9.17, 15) is 19.2 Å². The Morgan fingerprint density at radius 2 is 1.79 bits per heavy atom. The molecule has 202 valence electrons. The molecule has 39 heavy (non-hydrogen) atoms. The van der Waals surface area contributed by atoms with Crippen molar-refractivity contribution in [3.05, 3.63) is 81.0 Å². The van der Waals surface area contributed by atoms with Crippen molar-refractivity contribution >= 4 is 58.1 Å². The van der Waals surface area contributed by atoms with Crippen molar-refractivity contribution in [2.75, 3.05) is 25.6 Å². The number of esters is 1. The number of carbonyl (C=O) groups is 4. The van der Waals surface area contributed by atoms with Gasteiger partial charge in [-0.3, -0.25) is 19.3 Å². The standard InChI is InChI=1S/C28H26ClN3O6S/c1-5-38-27(35)22-14-19(6-11-23(22)29)30-25(33)15-31-26(34)24(39-28(31)36)13-18-12-16(2)32(17(18)3)20-7-9-21(37-4)10-8-20/h6-14H,5,15H2,1-4H3,(H,30,33)/b24-13-. The molecule has 1 aliphatic rings. The smallest absolute Gasteiger partial charge is 0.339 e. The first-order valence-corrected chi connectivity index (χ1v) is 13.2. The van der Waals surface area contributed by atoms with Crippen LogP contribution in [-0.2, 0) is 14.3 Å². The van der Waals surface area contributed by atoms with E-state index in [1.165, 1.54) is 18.2 Å². The number of hydrogen-bond acceptors (Lipinski definition) is 7. The van der Waals surface area contributed by atoms with Crippen LogP contribution in [0.25, 0.3) is 11.8 Å². The Labute approximate surface area is 234 Å². The first kappa shape index (κ1) is 28.0. The summed E-state index contributed by atoms with van der Waals surface area (Å²) in [6, 6.07) is 13.9. The molecule has 0 bridgehead atoms. The minimum Gasteiger partial charge on any atom is -0.497 e. The van der Waals surface area contributed by atoms with Crippen LogP contribution in [0, 0.1) is 13.8 Å². The number of aryl methyl sites for hydroxylation is 1. The van der Waals surface area contributed by atoms with Gasteiger partial charge in [0.15, 0.2) is 0 Å². The Morgan fingerprint density at radius 3 is 2.46 bits per heavy atom. The summed E-state index contributed by atoms with van der Waals surface area (Å²) in [6.07, 6.45) is 1.66. The number of nitrogens with one attached hydrogen (secondary N) is 1. The SMILES string of the molecule is CCOC(=O)c1cc(NC(=O)CN2C(=O)S/C(=C\c3cc(C)n(-c4ccc(OC)cc4)c3C)C2=O)ccc1Cl. The van der Waals surface area contributed by atoms with E-state index >= 15 is 0 Å². The molecule has 0 radical (unpaired) electrons. The van der Waals surface area contributed by atoms with E-state index in [0.29, 0.717) is 0 Å². The third-order valence-corrected chi connectivity index (χ3v) is 7.25. The number of thioether (sulfide) groups is 1. The monoisotopic (exact) mass is 567 g/mol. The zero-order valence-corrected chi connectivity index (χ0v) is 23.3. The number of imide groups is 1. The van der Waals surface area contributed by atoms with Crippen molar-refractivity contribution in [2.45, 2.75) is 20.8 Å². The Kier molecular flexibility index (Phi) is 8.47. The van der Waals surface area contributed by atoms with E-state index < -0.39 is 29.6 Å². The summed E-state index contributed by atoms with van der Waals surface area (Å²) in [4.78, 5) is 51.5. The summed E-state index contributed by atoms with van der Waals surface area (Å²) < 4.78 is 12.2. The minimum absolute atomic E-state index is 0.0951. The van der Waals surface area contributed by atoms with Crippen molar-refractivity contribution in [1.29, 1.82) is 0 Å². The van der Waals surface area contributed by atoms with E-state index in [0.717, 1.165) is 45.1 Å². The maximum atomic E-state index is 13.0. The van der Waals surface area contributed by atoms with Crippen molar-refractivity contribution in [3.8, 4) is 11.4 Å². The molecule has 0 saturated carbocycles. The molecule has 3 aromatic rings. The Balaban J connectivity index is 1.49. The quantitative estimate of drug-likeness (QED) is 0.278. The first-order valence-electron chi connectivity index (χ1n) is 12.0. The van der Waals surface area contributed by atoms with Gasteiger partial charge in [0.2, 0.25) is 5.91 Å². The zero-order chi connectivity index (χ0) is 28.3. The second-order valence-corrected chi connectivity index (χ2v) is 9.99. The second-order valence-electron chi connectivity index (χ2n) is 8.59. The molecule has 2 heterocycles. The molecule has 0 spiro atoms. The summed E-state index contributed by atoms with van der Waals surface area (Å²) in [5, 5.41) is 2.22. The fraction of sp³-hybridized carbons (Fsp3) is 0.214. The van der Waals surface area contributed by atoms with E-state index in [4.69, 9.17) is 21.1 Å². The number of ether oxygens (including phenoxy) is 2. The van der Waals surface area contributed by atoms with E-state index in [1.807, 2.05) is 48.7 Å². The summed E-state index contributed by atoms with van der Waals surface area (Å²) in [5.74, 6) is -1.04. The van der Waals surface area contributed by atoms with Crippen LogP contribution in [0.15, 0.2) is 53.4 Å². The van der Waals surface area contributed by atoms with E-state index in [-0.39, 0.29) is 27.8 Å². The van der Waals surface area contributed by atoms with Gasteiger partial charge in [-0.05, 0) is 92.7 Å². The molecule has 0 atom stereocenters. The Morgan fingerprint density at radius 1 is 1.08 bits per heavy atom. The molecule has 1 saturated heterocycles. The third kappa shape index (κ3) is 6.02. The number of halogens is 1. The molecule has 1 fully saturated rings. The maximum absolute atomic E-state index is 13.0. The predicted molar refractivity (Wildman–Crippen MR) is 151 cm³/mol. The number of nitrogens with zero attached hydrogens (tertiary/aromatic N) is 2. The normalized spacial score (nSPS) is 14.2. The average Bonchev–Trinajstić information content (AvgIpc) is 3.33. The van der Waals surface area contributed by atoms with Crippen LogP contribution in [-0.4, -0.2) is 52.8 Å². The average molecular weight is 568 g/mol. The molecule has 11 heteroatoms. The van der Waals surface area contributed by atoms with Gasteiger partial charge < -0.3 is 19.4 Å². The van der Waals surface area contributed by atoms with Crippen LogP contribution < -0.4 is 10.1 Å². The van der Waals surface area contributed by atoms with Gasteiger partial charge in [0, 0.05) is 22.8 Å². The van der Waals surface area contributed by atoms with Crippen LogP contribution in [0.2, 0.25) is 5.02 Å². The van der Waals surface area contributed by atoms with Crippen LogP contribution in [0.3, 0.4) is 0 Å². The highest BCUT2D eigenvalue weighted by Crippen LogP contribution is 2.34. The number of anilines is 1. The van der Waals surface area contributed by atoms with Crippen molar-refractivity contribution < 1.29 is 28.7 Å². The van der Waals surface area contributed by atoms with Gasteiger partial charge in [-0.15, -0.1) is 0 Å². The first-order chi connectivity index (χ1) is 18.6. The lowest BCUT2D eigenvalue weighted by Crippen LogP contribution is -2.36. The lowest BCUT2D eigenvalue weighted by atomic mass is 10.2. The number of benzene rings is 2. The molecular weight excluding hydrogens is 542 g/mol. The molecule has 9 nitrogen and oxygen atoms in total. The van der Waals surface area contributed by atoms with Crippen LogP contribution in [0.1, 0.15) is 34.2 Å². The van der Waals surface area contributed by atoms with Gasteiger partial charge in [0.1, 0.15) is 12.3 Å². The molecule has 1 N–H and O–H groups in total. The predicted octanol–water partition coefficient (Wildman–Crippen LogP) is 5.61. The fourth-order valence-electron chi connectivity index (χ4n) is 4.15. The summed E-state index contributed by atoms with van der Waals surface area (Å²) in [6.45, 7) is 5.24. The number of rotatable bonds is 8. The zero-order valence-electron chi connectivity index (χ0n) is 21.7. The Bertz CT molecular complexity index is 1500. The van der Waals surface area contributed by atoms with Crippen LogP contribution in [0.5, 0.6) is 5.75 Å². The van der Waals surface area contributed by atoms with Gasteiger partial charge >= 0.3 is 5.97 Å². The molecule has 4 rings (SSSR count). The second kappa shape index (κ2) is 11.8. The lowest BCUT2D eigenvalue weighted by molar-refractivity contribution is -0.127. The molecule has 1 aromatic heterocycles. The number of methoxy groups -OCH3 is 1. The summed E-state index contributed by atoms with van der Waals surface area (Å²) in [7, 11) is 1.61. The van der Waals surface area contributed by atoms with Crippen molar-refractivity contribution in [3.63, 3.8) is 0 Å². The van der Waals surface area contributed by atoms with Gasteiger partial charge in [0.05, 0.1) is 29.2 Å². The fourth-order valence-corrected chi connectivity index (χ4v) is 5.18. The summed E-state index contributed by atoms with van der Waals surface area (Å²) in [5.41, 5.74) is 3.93. The number of amides is 3. The number of carbonyl (C=O) groups excluding carboxylic acids is 4. The van der Waals surface area contributed by atoms with Crippen LogP contribution >= 0.6 is 23.4 Å². The van der Waals surface area contributed by atoms with E-state index in [2.05, 4.69) is 5.32 Å². The topological polar surface area (TPSA) is 107 Å². The largest absolute Gasteiger partial charge is 0.497 e.